The van der Waals surface area contributed by atoms with Crippen molar-refractivity contribution >= 4 is 10.8 Å². The zero-order chi connectivity index (χ0) is 13.9. The standard InChI is InChI=1S/C17H10FNO/c18-14-8-12(11-19)9-15(10-14)20-17-7-3-5-13-4-1-2-6-16(13)17/h1-10H. The minimum Gasteiger partial charge on any atom is -0.457 e. The number of fused-ring (bicyclic) bond motifs is 1. The second kappa shape index (κ2) is 5.02. The highest BCUT2D eigenvalue weighted by atomic mass is 19.1. The quantitative estimate of drug-likeness (QED) is 0.674. The molecule has 0 bridgehead atoms. The Labute approximate surface area is 115 Å². The van der Waals surface area contributed by atoms with Gasteiger partial charge in [-0.1, -0.05) is 36.4 Å². The van der Waals surface area contributed by atoms with E-state index in [0.717, 1.165) is 10.8 Å². The molecular formula is C17H10FNO. The monoisotopic (exact) mass is 263 g/mol. The van der Waals surface area contributed by atoms with Gasteiger partial charge >= 0.3 is 0 Å². The fraction of sp³-hybridized carbons (Fsp3) is 0. The van der Waals surface area contributed by atoms with E-state index in [1.165, 1.54) is 18.2 Å². The smallest absolute Gasteiger partial charge is 0.135 e. The number of hydrogen-bond donors (Lipinski definition) is 0. The molecule has 0 aliphatic heterocycles. The van der Waals surface area contributed by atoms with Crippen molar-refractivity contribution < 1.29 is 9.13 Å². The first-order chi connectivity index (χ1) is 9.76. The van der Waals surface area contributed by atoms with Gasteiger partial charge in [-0.15, -0.1) is 0 Å². The molecule has 3 aromatic carbocycles. The average Bonchev–Trinajstić information content (AvgIpc) is 2.47. The predicted octanol–water partition coefficient (Wildman–Crippen LogP) is 4.64. The van der Waals surface area contributed by atoms with Crippen LogP contribution >= 0.6 is 0 Å². The summed E-state index contributed by atoms with van der Waals surface area (Å²) in [6, 6.07) is 19.3. The van der Waals surface area contributed by atoms with Gasteiger partial charge in [0, 0.05) is 11.5 Å². The van der Waals surface area contributed by atoms with Crippen molar-refractivity contribution in [3.63, 3.8) is 0 Å². The maximum absolute atomic E-state index is 13.4. The number of rotatable bonds is 2. The zero-order valence-corrected chi connectivity index (χ0v) is 10.5. The van der Waals surface area contributed by atoms with Crippen molar-refractivity contribution in [3.05, 3.63) is 72.0 Å². The number of nitrogens with zero attached hydrogens (tertiary/aromatic N) is 1. The third-order valence-corrected chi connectivity index (χ3v) is 2.98. The van der Waals surface area contributed by atoms with Crippen molar-refractivity contribution in [1.82, 2.24) is 0 Å². The number of hydrogen-bond acceptors (Lipinski definition) is 2. The highest BCUT2D eigenvalue weighted by molar-refractivity contribution is 5.88. The maximum atomic E-state index is 13.4. The van der Waals surface area contributed by atoms with Gasteiger partial charge in [-0.25, -0.2) is 4.39 Å². The van der Waals surface area contributed by atoms with E-state index in [1.807, 2.05) is 48.5 Å². The maximum Gasteiger partial charge on any atom is 0.135 e. The Bertz CT molecular complexity index is 815. The SMILES string of the molecule is N#Cc1cc(F)cc(Oc2cccc3ccccc23)c1. The molecule has 0 saturated carbocycles. The fourth-order valence-corrected chi connectivity index (χ4v) is 2.10. The Kier molecular flexibility index (Phi) is 3.06. The third-order valence-electron chi connectivity index (χ3n) is 2.98. The Hall–Kier alpha value is -2.86. The van der Waals surface area contributed by atoms with Crippen LogP contribution < -0.4 is 4.74 Å². The molecule has 3 rings (SSSR count). The van der Waals surface area contributed by atoms with Crippen molar-refractivity contribution in [3.8, 4) is 17.6 Å². The van der Waals surface area contributed by atoms with E-state index in [0.29, 0.717) is 11.5 Å². The van der Waals surface area contributed by atoms with Crippen LogP contribution in [0.1, 0.15) is 5.56 Å². The molecular weight excluding hydrogens is 253 g/mol. The van der Waals surface area contributed by atoms with Gasteiger partial charge in [-0.3, -0.25) is 0 Å². The summed E-state index contributed by atoms with van der Waals surface area (Å²) in [5, 5.41) is 10.8. The lowest BCUT2D eigenvalue weighted by atomic mass is 10.1. The van der Waals surface area contributed by atoms with Crippen molar-refractivity contribution in [2.75, 3.05) is 0 Å². The zero-order valence-electron chi connectivity index (χ0n) is 10.5. The van der Waals surface area contributed by atoms with Crippen LogP contribution in [-0.2, 0) is 0 Å². The molecule has 20 heavy (non-hydrogen) atoms. The van der Waals surface area contributed by atoms with Crippen molar-refractivity contribution in [2.24, 2.45) is 0 Å². The summed E-state index contributed by atoms with van der Waals surface area (Å²) in [7, 11) is 0. The highest BCUT2D eigenvalue weighted by Crippen LogP contribution is 2.30. The van der Waals surface area contributed by atoms with E-state index in [2.05, 4.69) is 0 Å². The van der Waals surface area contributed by atoms with Crippen LogP contribution in [0.5, 0.6) is 11.5 Å². The molecule has 3 heteroatoms. The molecule has 0 radical (unpaired) electrons. The lowest BCUT2D eigenvalue weighted by Crippen LogP contribution is -1.88. The molecule has 0 heterocycles. The molecule has 0 N–H and O–H groups in total. The van der Waals surface area contributed by atoms with Crippen LogP contribution in [0.3, 0.4) is 0 Å². The van der Waals surface area contributed by atoms with Gasteiger partial charge in [0.2, 0.25) is 0 Å². The number of nitriles is 1. The molecule has 0 unspecified atom stereocenters. The van der Waals surface area contributed by atoms with E-state index in [-0.39, 0.29) is 5.56 Å². The van der Waals surface area contributed by atoms with Gasteiger partial charge in [-0.05, 0) is 23.6 Å². The third kappa shape index (κ3) is 2.32. The summed E-state index contributed by atoms with van der Waals surface area (Å²) in [6.45, 7) is 0. The molecule has 0 aromatic heterocycles. The van der Waals surface area contributed by atoms with E-state index < -0.39 is 5.82 Å². The normalized spacial score (nSPS) is 10.2. The van der Waals surface area contributed by atoms with Gasteiger partial charge in [0.05, 0.1) is 11.6 Å². The topological polar surface area (TPSA) is 33.0 Å². The second-order valence-electron chi connectivity index (χ2n) is 4.37. The van der Waals surface area contributed by atoms with Crippen molar-refractivity contribution in [2.45, 2.75) is 0 Å². The first-order valence-corrected chi connectivity index (χ1v) is 6.12. The van der Waals surface area contributed by atoms with Crippen LogP contribution in [0.2, 0.25) is 0 Å². The van der Waals surface area contributed by atoms with Crippen LogP contribution in [-0.4, -0.2) is 0 Å². The predicted molar refractivity (Wildman–Crippen MR) is 75.1 cm³/mol. The van der Waals surface area contributed by atoms with Crippen LogP contribution in [0, 0.1) is 17.1 Å². The van der Waals surface area contributed by atoms with Crippen LogP contribution in [0.4, 0.5) is 4.39 Å². The van der Waals surface area contributed by atoms with Gasteiger partial charge in [0.15, 0.2) is 0 Å². The average molecular weight is 263 g/mol. The first-order valence-electron chi connectivity index (χ1n) is 6.12. The fourth-order valence-electron chi connectivity index (χ4n) is 2.10. The summed E-state index contributed by atoms with van der Waals surface area (Å²) in [6.07, 6.45) is 0. The Morgan fingerprint density at radius 1 is 0.950 bits per heavy atom. The molecule has 0 amide bonds. The van der Waals surface area contributed by atoms with E-state index in [9.17, 15) is 4.39 Å². The molecule has 96 valence electrons. The molecule has 0 aliphatic carbocycles. The molecule has 0 aliphatic rings. The summed E-state index contributed by atoms with van der Waals surface area (Å²) in [5.74, 6) is 0.467. The van der Waals surface area contributed by atoms with Gasteiger partial charge in [0.1, 0.15) is 17.3 Å². The summed E-state index contributed by atoms with van der Waals surface area (Å²) < 4.78 is 19.1. The first kappa shape index (κ1) is 12.2. The lowest BCUT2D eigenvalue weighted by Gasteiger charge is -2.09. The number of halogens is 1. The largest absolute Gasteiger partial charge is 0.457 e. The Morgan fingerprint density at radius 3 is 2.60 bits per heavy atom. The Balaban J connectivity index is 2.06. The molecule has 0 atom stereocenters. The minimum absolute atomic E-state index is 0.236. The summed E-state index contributed by atoms with van der Waals surface area (Å²) >= 11 is 0. The van der Waals surface area contributed by atoms with E-state index in [1.54, 1.807) is 0 Å². The molecule has 0 saturated heterocycles. The molecule has 3 aromatic rings. The molecule has 0 spiro atoms. The van der Waals surface area contributed by atoms with E-state index >= 15 is 0 Å². The molecule has 2 nitrogen and oxygen atoms in total. The lowest BCUT2D eigenvalue weighted by molar-refractivity contribution is 0.482. The number of ether oxygens (including phenoxy) is 1. The number of benzene rings is 3. The van der Waals surface area contributed by atoms with Crippen molar-refractivity contribution in [1.29, 1.82) is 5.26 Å². The van der Waals surface area contributed by atoms with Gasteiger partial charge < -0.3 is 4.74 Å². The Morgan fingerprint density at radius 2 is 1.75 bits per heavy atom. The van der Waals surface area contributed by atoms with Crippen LogP contribution in [0.25, 0.3) is 10.8 Å². The summed E-state index contributed by atoms with van der Waals surface area (Å²) in [4.78, 5) is 0. The van der Waals surface area contributed by atoms with Gasteiger partial charge in [-0.2, -0.15) is 5.26 Å². The highest BCUT2D eigenvalue weighted by Gasteiger charge is 2.05. The second-order valence-corrected chi connectivity index (χ2v) is 4.37. The molecule has 0 fully saturated rings. The summed E-state index contributed by atoms with van der Waals surface area (Å²) in [5.41, 5.74) is 0.236. The van der Waals surface area contributed by atoms with E-state index in [4.69, 9.17) is 10.00 Å². The minimum atomic E-state index is -0.487. The van der Waals surface area contributed by atoms with Crippen LogP contribution in [0.15, 0.2) is 60.7 Å². The van der Waals surface area contributed by atoms with Gasteiger partial charge in [0.25, 0.3) is 0 Å².